The van der Waals surface area contributed by atoms with Gasteiger partial charge in [-0.15, -0.1) is 11.3 Å². The van der Waals surface area contributed by atoms with Crippen LogP contribution in [0.4, 0.5) is 0 Å². The predicted molar refractivity (Wildman–Crippen MR) is 68.5 cm³/mol. The maximum absolute atomic E-state index is 12.2. The molecule has 94 valence electrons. The number of amides is 1. The topological polar surface area (TPSA) is 51.0 Å². The van der Waals surface area contributed by atoms with Crippen LogP contribution in [0.5, 0.6) is 0 Å². The molecule has 0 bridgehead atoms. The summed E-state index contributed by atoms with van der Waals surface area (Å²) in [5.74, 6) is 0.0353. The molecule has 18 heavy (non-hydrogen) atoms. The summed E-state index contributed by atoms with van der Waals surface area (Å²) >= 11 is 1.45. The van der Waals surface area contributed by atoms with Gasteiger partial charge in [0.15, 0.2) is 0 Å². The van der Waals surface area contributed by atoms with E-state index in [1.807, 2.05) is 21.8 Å². The van der Waals surface area contributed by atoms with E-state index >= 15 is 0 Å². The van der Waals surface area contributed by atoms with Crippen molar-refractivity contribution in [2.24, 2.45) is 0 Å². The average Bonchev–Trinajstić information content (AvgIpc) is 3.11. The third-order valence-corrected chi connectivity index (χ3v) is 3.82. The van der Waals surface area contributed by atoms with Crippen molar-refractivity contribution in [2.45, 2.75) is 18.9 Å². The summed E-state index contributed by atoms with van der Waals surface area (Å²) in [6.45, 7) is 1.53. The Labute approximate surface area is 109 Å². The molecule has 0 aromatic carbocycles. The molecule has 1 atom stereocenters. The lowest BCUT2D eigenvalue weighted by molar-refractivity contribution is 0.0668. The molecule has 6 heteroatoms. The van der Waals surface area contributed by atoms with Gasteiger partial charge in [0.1, 0.15) is 5.69 Å². The molecule has 1 fully saturated rings. The number of piperidine rings is 1. The Morgan fingerprint density at radius 1 is 1.50 bits per heavy atom. The quantitative estimate of drug-likeness (QED) is 0.829. The molecule has 3 rings (SSSR count). The van der Waals surface area contributed by atoms with E-state index in [2.05, 4.69) is 10.1 Å². The highest BCUT2D eigenvalue weighted by molar-refractivity contribution is 7.07. The summed E-state index contributed by atoms with van der Waals surface area (Å²) in [6, 6.07) is 2.21. The van der Waals surface area contributed by atoms with Crippen LogP contribution in [-0.2, 0) is 0 Å². The van der Waals surface area contributed by atoms with Crippen molar-refractivity contribution < 1.29 is 4.79 Å². The lowest BCUT2D eigenvalue weighted by atomic mass is 10.1. The Balaban J connectivity index is 1.73. The Hall–Kier alpha value is -1.69. The number of carbonyl (C=O) groups excluding carboxylic acids is 1. The fraction of sp³-hybridized carbons (Fsp3) is 0.417. The van der Waals surface area contributed by atoms with Crippen molar-refractivity contribution in [3.8, 4) is 0 Å². The zero-order chi connectivity index (χ0) is 12.4. The standard InChI is InChI=1S/C12H14N4OS/c17-12(11-8-18-9-13-11)15-5-1-3-10(7-15)16-6-2-4-14-16/h2,4,6,8-10H,1,3,5,7H2. The second-order valence-corrected chi connectivity index (χ2v) is 5.13. The second kappa shape index (κ2) is 4.89. The smallest absolute Gasteiger partial charge is 0.273 e. The van der Waals surface area contributed by atoms with Crippen molar-refractivity contribution in [1.29, 1.82) is 0 Å². The largest absolute Gasteiger partial charge is 0.335 e. The molecule has 0 aliphatic carbocycles. The molecular weight excluding hydrogens is 248 g/mol. The number of carbonyl (C=O) groups is 1. The molecule has 2 aromatic rings. The van der Waals surface area contributed by atoms with Crippen LogP contribution >= 0.6 is 11.3 Å². The molecule has 2 aromatic heterocycles. The van der Waals surface area contributed by atoms with Crippen molar-refractivity contribution in [3.05, 3.63) is 35.0 Å². The van der Waals surface area contributed by atoms with Crippen LogP contribution in [0.3, 0.4) is 0 Å². The van der Waals surface area contributed by atoms with Crippen LogP contribution in [0.15, 0.2) is 29.4 Å². The van der Waals surface area contributed by atoms with Gasteiger partial charge in [-0.3, -0.25) is 9.48 Å². The highest BCUT2D eigenvalue weighted by atomic mass is 32.1. The third-order valence-electron chi connectivity index (χ3n) is 3.23. The summed E-state index contributed by atoms with van der Waals surface area (Å²) in [5.41, 5.74) is 2.25. The van der Waals surface area contributed by atoms with Crippen molar-refractivity contribution >= 4 is 17.2 Å². The van der Waals surface area contributed by atoms with Crippen molar-refractivity contribution in [1.82, 2.24) is 19.7 Å². The zero-order valence-electron chi connectivity index (χ0n) is 9.90. The molecule has 0 saturated carbocycles. The second-order valence-electron chi connectivity index (χ2n) is 4.41. The number of thiazole rings is 1. The number of hydrogen-bond acceptors (Lipinski definition) is 4. The van der Waals surface area contributed by atoms with Gasteiger partial charge in [0.25, 0.3) is 5.91 Å². The number of nitrogens with zero attached hydrogens (tertiary/aromatic N) is 4. The van der Waals surface area contributed by atoms with Crippen molar-refractivity contribution in [2.75, 3.05) is 13.1 Å². The number of likely N-dealkylation sites (tertiary alicyclic amines) is 1. The fourth-order valence-electron chi connectivity index (χ4n) is 2.33. The molecule has 1 unspecified atom stereocenters. The van der Waals surface area contributed by atoms with E-state index in [1.165, 1.54) is 11.3 Å². The van der Waals surface area contributed by atoms with Crippen LogP contribution in [-0.4, -0.2) is 38.7 Å². The maximum atomic E-state index is 12.2. The number of hydrogen-bond donors (Lipinski definition) is 0. The minimum atomic E-state index is 0.0353. The molecule has 1 aliphatic rings. The molecule has 1 aliphatic heterocycles. The van der Waals surface area contributed by atoms with E-state index in [9.17, 15) is 4.79 Å². The van der Waals surface area contributed by atoms with Crippen LogP contribution in [0.25, 0.3) is 0 Å². The van der Waals surface area contributed by atoms with Gasteiger partial charge in [-0.2, -0.15) is 5.10 Å². The lowest BCUT2D eigenvalue weighted by Crippen LogP contribution is -2.40. The summed E-state index contributed by atoms with van der Waals surface area (Å²) in [6.07, 6.45) is 5.83. The Morgan fingerprint density at radius 3 is 3.17 bits per heavy atom. The molecular formula is C12H14N4OS. The summed E-state index contributed by atoms with van der Waals surface area (Å²) in [7, 11) is 0. The van der Waals surface area contributed by atoms with E-state index in [1.54, 1.807) is 17.1 Å². The first kappa shape index (κ1) is 11.4. The van der Waals surface area contributed by atoms with Gasteiger partial charge in [-0.1, -0.05) is 0 Å². The van der Waals surface area contributed by atoms with Crippen molar-refractivity contribution in [3.63, 3.8) is 0 Å². The highest BCUT2D eigenvalue weighted by Gasteiger charge is 2.26. The molecule has 0 spiro atoms. The third kappa shape index (κ3) is 2.15. The van der Waals surface area contributed by atoms with Gasteiger partial charge in [0, 0.05) is 30.9 Å². The molecule has 3 heterocycles. The van der Waals surface area contributed by atoms with Crippen LogP contribution in [0.2, 0.25) is 0 Å². The SMILES string of the molecule is O=C(c1cscn1)N1CCCC(n2cccn2)C1. The number of aromatic nitrogens is 3. The Bertz CT molecular complexity index is 508. The molecule has 1 saturated heterocycles. The van der Waals surface area contributed by atoms with E-state index in [-0.39, 0.29) is 11.9 Å². The fourth-order valence-corrected chi connectivity index (χ4v) is 2.86. The van der Waals surface area contributed by atoms with E-state index in [0.717, 1.165) is 25.9 Å². The Kier molecular flexibility index (Phi) is 3.10. The van der Waals surface area contributed by atoms with Gasteiger partial charge in [-0.05, 0) is 18.9 Å². The monoisotopic (exact) mass is 262 g/mol. The van der Waals surface area contributed by atoms with Gasteiger partial charge in [0.05, 0.1) is 11.6 Å². The van der Waals surface area contributed by atoms with Crippen LogP contribution in [0, 0.1) is 0 Å². The average molecular weight is 262 g/mol. The van der Waals surface area contributed by atoms with E-state index in [0.29, 0.717) is 5.69 Å². The first-order valence-electron chi connectivity index (χ1n) is 6.01. The van der Waals surface area contributed by atoms with E-state index < -0.39 is 0 Å². The van der Waals surface area contributed by atoms with Gasteiger partial charge >= 0.3 is 0 Å². The van der Waals surface area contributed by atoms with Gasteiger partial charge in [0.2, 0.25) is 0 Å². The highest BCUT2D eigenvalue weighted by Crippen LogP contribution is 2.22. The van der Waals surface area contributed by atoms with Crippen LogP contribution in [0.1, 0.15) is 29.4 Å². The van der Waals surface area contributed by atoms with Gasteiger partial charge < -0.3 is 4.90 Å². The zero-order valence-corrected chi connectivity index (χ0v) is 10.7. The minimum absolute atomic E-state index is 0.0353. The van der Waals surface area contributed by atoms with Crippen LogP contribution < -0.4 is 0 Å². The first-order valence-corrected chi connectivity index (χ1v) is 6.95. The predicted octanol–water partition coefficient (Wildman–Crippen LogP) is 1.82. The van der Waals surface area contributed by atoms with E-state index in [4.69, 9.17) is 0 Å². The lowest BCUT2D eigenvalue weighted by Gasteiger charge is -2.32. The minimum Gasteiger partial charge on any atom is -0.335 e. The van der Waals surface area contributed by atoms with Gasteiger partial charge in [-0.25, -0.2) is 4.98 Å². The molecule has 0 N–H and O–H groups in total. The molecule has 0 radical (unpaired) electrons. The normalized spacial score (nSPS) is 20.0. The molecule has 5 nitrogen and oxygen atoms in total. The summed E-state index contributed by atoms with van der Waals surface area (Å²) < 4.78 is 1.94. The molecule has 1 amide bonds. The Morgan fingerprint density at radius 2 is 2.44 bits per heavy atom. The number of rotatable bonds is 2. The first-order chi connectivity index (χ1) is 8.84. The maximum Gasteiger partial charge on any atom is 0.273 e. The summed E-state index contributed by atoms with van der Waals surface area (Å²) in [4.78, 5) is 18.2. The summed E-state index contributed by atoms with van der Waals surface area (Å²) in [5, 5.41) is 6.07.